The predicted octanol–water partition coefficient (Wildman–Crippen LogP) is 1.09. The predicted molar refractivity (Wildman–Crippen MR) is 40.3 cm³/mol. The lowest BCUT2D eigenvalue weighted by Gasteiger charge is -2.38. The Bertz CT molecular complexity index is 203. The summed E-state index contributed by atoms with van der Waals surface area (Å²) in [6, 6.07) is -1.81. The summed E-state index contributed by atoms with van der Waals surface area (Å²) in [5.41, 5.74) is 0. The smallest absolute Gasteiger partial charge is 0.314 e. The average molecular weight is 218 g/mol. The van der Waals surface area contributed by atoms with Crippen molar-refractivity contribution < 1.29 is 22.0 Å². The van der Waals surface area contributed by atoms with Crippen molar-refractivity contribution in [3.63, 3.8) is 0 Å². The van der Waals surface area contributed by atoms with Crippen molar-refractivity contribution in [1.82, 2.24) is 10.2 Å². The van der Waals surface area contributed by atoms with Gasteiger partial charge in [-0.15, -0.1) is 0 Å². The first-order valence-corrected chi connectivity index (χ1v) is 4.12. The normalized spacial score (nSPS) is 26.6. The second kappa shape index (κ2) is 3.62. The van der Waals surface area contributed by atoms with Gasteiger partial charge in [-0.3, -0.25) is 4.90 Å². The van der Waals surface area contributed by atoms with Gasteiger partial charge in [0.25, 0.3) is 0 Å². The molecule has 1 fully saturated rings. The highest BCUT2D eigenvalue weighted by molar-refractivity contribution is 4.93. The average Bonchev–Trinajstić information content (AvgIpc) is 2.02. The molecule has 1 unspecified atom stereocenters. The number of rotatable bonds is 1. The zero-order valence-corrected chi connectivity index (χ0v) is 7.54. The van der Waals surface area contributed by atoms with Crippen LogP contribution in [0.5, 0.6) is 0 Å². The largest absolute Gasteiger partial charge is 0.455 e. The van der Waals surface area contributed by atoms with E-state index in [4.69, 9.17) is 0 Å². The van der Waals surface area contributed by atoms with Crippen LogP contribution in [-0.2, 0) is 0 Å². The van der Waals surface area contributed by atoms with Crippen LogP contribution in [-0.4, -0.2) is 49.7 Å². The van der Waals surface area contributed by atoms with E-state index in [2.05, 4.69) is 5.32 Å². The first kappa shape index (κ1) is 11.6. The Hall–Kier alpha value is -0.430. The van der Waals surface area contributed by atoms with E-state index >= 15 is 0 Å². The Morgan fingerprint density at radius 2 is 1.79 bits per heavy atom. The maximum absolute atomic E-state index is 12.9. The van der Waals surface area contributed by atoms with Crippen LogP contribution in [0.25, 0.3) is 0 Å². The summed E-state index contributed by atoms with van der Waals surface area (Å²) in [5, 5.41) is 2.52. The first-order chi connectivity index (χ1) is 6.27. The zero-order valence-electron chi connectivity index (χ0n) is 7.54. The van der Waals surface area contributed by atoms with Crippen LogP contribution in [0.2, 0.25) is 0 Å². The van der Waals surface area contributed by atoms with Crippen LogP contribution in [0.15, 0.2) is 0 Å². The molecule has 1 atom stereocenters. The van der Waals surface area contributed by atoms with E-state index in [9.17, 15) is 22.0 Å². The van der Waals surface area contributed by atoms with Crippen LogP contribution in [0.1, 0.15) is 0 Å². The number of piperazine rings is 1. The SMILES string of the molecule is CN1CCNCC1C(F)(F)C(F)(F)F. The number of hydrogen-bond acceptors (Lipinski definition) is 2. The molecule has 0 aliphatic carbocycles. The van der Waals surface area contributed by atoms with Crippen LogP contribution >= 0.6 is 0 Å². The molecule has 1 heterocycles. The van der Waals surface area contributed by atoms with E-state index in [0.29, 0.717) is 6.54 Å². The fourth-order valence-corrected chi connectivity index (χ4v) is 1.40. The van der Waals surface area contributed by atoms with E-state index < -0.39 is 18.1 Å². The summed E-state index contributed by atoms with van der Waals surface area (Å²) in [5.74, 6) is -4.66. The zero-order chi connectivity index (χ0) is 11.0. The fourth-order valence-electron chi connectivity index (χ4n) is 1.40. The summed E-state index contributed by atoms with van der Waals surface area (Å²) >= 11 is 0. The van der Waals surface area contributed by atoms with Crippen molar-refractivity contribution in [2.45, 2.75) is 18.1 Å². The topological polar surface area (TPSA) is 15.3 Å². The lowest BCUT2D eigenvalue weighted by atomic mass is 10.1. The Labute approximate surface area is 78.1 Å². The Kier molecular flexibility index (Phi) is 3.01. The first-order valence-electron chi connectivity index (χ1n) is 4.12. The third-order valence-corrected chi connectivity index (χ3v) is 2.31. The molecular weight excluding hydrogens is 207 g/mol. The van der Waals surface area contributed by atoms with Gasteiger partial charge in [-0.1, -0.05) is 0 Å². The minimum absolute atomic E-state index is 0.191. The molecule has 1 rings (SSSR count). The summed E-state index contributed by atoms with van der Waals surface area (Å²) in [7, 11) is 1.27. The van der Waals surface area contributed by atoms with E-state index in [1.54, 1.807) is 0 Å². The van der Waals surface area contributed by atoms with E-state index in [-0.39, 0.29) is 13.1 Å². The molecule has 7 heteroatoms. The number of halogens is 5. The number of nitrogens with zero attached hydrogens (tertiary/aromatic N) is 1. The Morgan fingerprint density at radius 3 is 2.21 bits per heavy atom. The molecule has 0 amide bonds. The van der Waals surface area contributed by atoms with Gasteiger partial charge >= 0.3 is 12.1 Å². The summed E-state index contributed by atoms with van der Waals surface area (Å²) in [4.78, 5) is 1.03. The number of nitrogens with one attached hydrogen (secondary N) is 1. The maximum Gasteiger partial charge on any atom is 0.455 e. The van der Waals surface area contributed by atoms with Crippen LogP contribution in [0, 0.1) is 0 Å². The molecule has 14 heavy (non-hydrogen) atoms. The van der Waals surface area contributed by atoms with Gasteiger partial charge < -0.3 is 5.32 Å². The van der Waals surface area contributed by atoms with Gasteiger partial charge in [-0.05, 0) is 7.05 Å². The van der Waals surface area contributed by atoms with E-state index in [0.717, 1.165) is 4.90 Å². The molecule has 2 nitrogen and oxygen atoms in total. The van der Waals surface area contributed by atoms with Crippen molar-refractivity contribution in [1.29, 1.82) is 0 Å². The second-order valence-corrected chi connectivity index (χ2v) is 3.32. The molecule has 1 aliphatic heterocycles. The van der Waals surface area contributed by atoms with Crippen molar-refractivity contribution >= 4 is 0 Å². The molecule has 0 radical (unpaired) electrons. The van der Waals surface area contributed by atoms with Crippen LogP contribution in [0.4, 0.5) is 22.0 Å². The third-order valence-electron chi connectivity index (χ3n) is 2.31. The van der Waals surface area contributed by atoms with E-state index in [1.807, 2.05) is 0 Å². The van der Waals surface area contributed by atoms with Gasteiger partial charge in [0.15, 0.2) is 0 Å². The molecular formula is C7H11F5N2. The van der Waals surface area contributed by atoms with Gasteiger partial charge in [0.1, 0.15) is 0 Å². The molecule has 0 spiro atoms. The summed E-state index contributed by atoms with van der Waals surface area (Å²) in [6.45, 7) is 0.278. The Balaban J connectivity index is 2.79. The number of hydrogen-bond donors (Lipinski definition) is 1. The third kappa shape index (κ3) is 1.98. The molecule has 0 aromatic carbocycles. The maximum atomic E-state index is 12.9. The van der Waals surface area contributed by atoms with E-state index in [1.165, 1.54) is 7.05 Å². The molecule has 0 saturated carbocycles. The lowest BCUT2D eigenvalue weighted by Crippen LogP contribution is -2.62. The van der Waals surface area contributed by atoms with Crippen LogP contribution in [0.3, 0.4) is 0 Å². The summed E-state index contributed by atoms with van der Waals surface area (Å²) < 4.78 is 61.7. The molecule has 1 N–H and O–H groups in total. The molecule has 1 saturated heterocycles. The van der Waals surface area contributed by atoms with Gasteiger partial charge in [-0.25, -0.2) is 0 Å². The monoisotopic (exact) mass is 218 g/mol. The molecule has 84 valence electrons. The highest BCUT2D eigenvalue weighted by Gasteiger charge is 2.63. The second-order valence-electron chi connectivity index (χ2n) is 3.32. The standard InChI is InChI=1S/C7H11F5N2/c1-14-3-2-13-4-5(14)6(8,9)7(10,11)12/h5,13H,2-4H2,1H3. The quantitative estimate of drug-likeness (QED) is 0.663. The van der Waals surface area contributed by atoms with Gasteiger partial charge in [0.05, 0.1) is 6.04 Å². The highest BCUT2D eigenvalue weighted by atomic mass is 19.4. The van der Waals surface area contributed by atoms with Crippen molar-refractivity contribution in [3.8, 4) is 0 Å². The minimum Gasteiger partial charge on any atom is -0.314 e. The molecule has 0 aromatic heterocycles. The molecule has 0 aromatic rings. The minimum atomic E-state index is -5.48. The van der Waals surface area contributed by atoms with Crippen molar-refractivity contribution in [3.05, 3.63) is 0 Å². The molecule has 0 bridgehead atoms. The fraction of sp³-hybridized carbons (Fsp3) is 1.00. The van der Waals surface area contributed by atoms with Crippen LogP contribution < -0.4 is 5.32 Å². The number of alkyl halides is 5. The van der Waals surface area contributed by atoms with Gasteiger partial charge in [-0.2, -0.15) is 22.0 Å². The molecule has 1 aliphatic rings. The number of likely N-dealkylation sites (N-methyl/N-ethyl adjacent to an activating group) is 1. The van der Waals surface area contributed by atoms with Gasteiger partial charge in [0.2, 0.25) is 0 Å². The highest BCUT2D eigenvalue weighted by Crippen LogP contribution is 2.39. The van der Waals surface area contributed by atoms with Crippen molar-refractivity contribution in [2.24, 2.45) is 0 Å². The summed E-state index contributed by atoms with van der Waals surface area (Å²) in [6.07, 6.45) is -5.48. The van der Waals surface area contributed by atoms with Gasteiger partial charge in [0, 0.05) is 19.6 Å². The lowest BCUT2D eigenvalue weighted by molar-refractivity contribution is -0.303. The Morgan fingerprint density at radius 1 is 1.21 bits per heavy atom. The van der Waals surface area contributed by atoms with Crippen molar-refractivity contribution in [2.75, 3.05) is 26.7 Å².